The van der Waals surface area contributed by atoms with Crippen molar-refractivity contribution >= 4 is 17.5 Å². The van der Waals surface area contributed by atoms with Crippen molar-refractivity contribution in [2.45, 2.75) is 13.5 Å². The van der Waals surface area contributed by atoms with Crippen molar-refractivity contribution in [1.29, 1.82) is 0 Å². The van der Waals surface area contributed by atoms with Crippen LogP contribution >= 0.6 is 11.6 Å². The number of rotatable bonds is 2. The van der Waals surface area contributed by atoms with E-state index in [-0.39, 0.29) is 5.82 Å². The van der Waals surface area contributed by atoms with Gasteiger partial charge in [-0.2, -0.15) is 0 Å². The second kappa shape index (κ2) is 4.14. The highest BCUT2D eigenvalue weighted by Crippen LogP contribution is 2.17. The highest BCUT2D eigenvalue weighted by molar-refractivity contribution is 6.30. The SMILES string of the molecule is Cc1cnc(N)n1Cc1cc(F)cc(Cl)c1. The van der Waals surface area contributed by atoms with Gasteiger partial charge in [0.2, 0.25) is 5.95 Å². The maximum atomic E-state index is 13.1. The number of aromatic nitrogens is 2. The number of nitrogens with zero attached hydrogens (tertiary/aromatic N) is 2. The number of aryl methyl sites for hydroxylation is 1. The van der Waals surface area contributed by atoms with Gasteiger partial charge in [-0.25, -0.2) is 9.37 Å². The second-order valence-electron chi connectivity index (χ2n) is 3.62. The van der Waals surface area contributed by atoms with E-state index >= 15 is 0 Å². The first-order valence-electron chi connectivity index (χ1n) is 4.79. The maximum absolute atomic E-state index is 13.1. The van der Waals surface area contributed by atoms with Gasteiger partial charge in [-0.15, -0.1) is 0 Å². The predicted octanol–water partition coefficient (Wildman–Crippen LogP) is 2.61. The average molecular weight is 240 g/mol. The van der Waals surface area contributed by atoms with Crippen molar-refractivity contribution in [3.8, 4) is 0 Å². The van der Waals surface area contributed by atoms with Crippen LogP contribution in [0.15, 0.2) is 24.4 Å². The van der Waals surface area contributed by atoms with Crippen LogP contribution in [-0.2, 0) is 6.54 Å². The number of halogens is 2. The van der Waals surface area contributed by atoms with E-state index in [0.29, 0.717) is 17.5 Å². The van der Waals surface area contributed by atoms with Gasteiger partial charge < -0.3 is 10.3 Å². The Hall–Kier alpha value is -1.55. The molecule has 0 aliphatic carbocycles. The molecule has 2 aromatic rings. The van der Waals surface area contributed by atoms with Crippen LogP contribution in [-0.4, -0.2) is 9.55 Å². The highest BCUT2D eigenvalue weighted by atomic mass is 35.5. The largest absolute Gasteiger partial charge is 0.369 e. The molecule has 16 heavy (non-hydrogen) atoms. The van der Waals surface area contributed by atoms with E-state index in [1.165, 1.54) is 12.1 Å². The minimum atomic E-state index is -0.348. The van der Waals surface area contributed by atoms with Gasteiger partial charge in [0.05, 0.1) is 12.7 Å². The summed E-state index contributed by atoms with van der Waals surface area (Å²) in [7, 11) is 0. The molecule has 1 aromatic carbocycles. The molecule has 1 aromatic heterocycles. The molecule has 0 radical (unpaired) electrons. The standard InChI is InChI=1S/C11H11ClFN3/c1-7-5-15-11(14)16(7)6-8-2-9(12)4-10(13)3-8/h2-5H,6H2,1H3,(H2,14,15). The van der Waals surface area contributed by atoms with Crippen molar-refractivity contribution in [3.63, 3.8) is 0 Å². The predicted molar refractivity (Wildman–Crippen MR) is 61.9 cm³/mol. The molecule has 0 bridgehead atoms. The van der Waals surface area contributed by atoms with E-state index in [9.17, 15) is 4.39 Å². The monoisotopic (exact) mass is 239 g/mol. The van der Waals surface area contributed by atoms with Gasteiger partial charge in [-0.3, -0.25) is 0 Å². The molecule has 2 N–H and O–H groups in total. The summed E-state index contributed by atoms with van der Waals surface area (Å²) < 4.78 is 14.9. The van der Waals surface area contributed by atoms with Gasteiger partial charge in [0.25, 0.3) is 0 Å². The zero-order valence-electron chi connectivity index (χ0n) is 8.74. The lowest BCUT2D eigenvalue weighted by Gasteiger charge is -2.08. The first-order valence-corrected chi connectivity index (χ1v) is 5.16. The molecule has 2 rings (SSSR count). The van der Waals surface area contributed by atoms with Gasteiger partial charge in [0.1, 0.15) is 5.82 Å². The lowest BCUT2D eigenvalue weighted by Crippen LogP contribution is -2.06. The topological polar surface area (TPSA) is 43.8 Å². The number of imidazole rings is 1. The van der Waals surface area contributed by atoms with Gasteiger partial charge in [-0.05, 0) is 30.7 Å². The van der Waals surface area contributed by atoms with Crippen molar-refractivity contribution in [2.75, 3.05) is 5.73 Å². The van der Waals surface area contributed by atoms with E-state index in [2.05, 4.69) is 4.98 Å². The van der Waals surface area contributed by atoms with Crippen molar-refractivity contribution in [1.82, 2.24) is 9.55 Å². The molecule has 0 spiro atoms. The molecule has 0 aliphatic heterocycles. The zero-order chi connectivity index (χ0) is 11.7. The van der Waals surface area contributed by atoms with E-state index < -0.39 is 0 Å². The van der Waals surface area contributed by atoms with E-state index in [4.69, 9.17) is 17.3 Å². The summed E-state index contributed by atoms with van der Waals surface area (Å²) in [4.78, 5) is 3.97. The fraction of sp³-hybridized carbons (Fsp3) is 0.182. The molecule has 84 valence electrons. The maximum Gasteiger partial charge on any atom is 0.200 e. The Morgan fingerprint density at radius 2 is 2.19 bits per heavy atom. The van der Waals surface area contributed by atoms with Crippen LogP contribution < -0.4 is 5.73 Å². The number of anilines is 1. The first-order chi connectivity index (χ1) is 7.56. The third-order valence-electron chi connectivity index (χ3n) is 2.35. The molecule has 3 nitrogen and oxygen atoms in total. The van der Waals surface area contributed by atoms with Crippen molar-refractivity contribution in [2.24, 2.45) is 0 Å². The van der Waals surface area contributed by atoms with Crippen LogP contribution in [0.4, 0.5) is 10.3 Å². The van der Waals surface area contributed by atoms with Gasteiger partial charge in [0.15, 0.2) is 0 Å². The highest BCUT2D eigenvalue weighted by Gasteiger charge is 2.05. The summed E-state index contributed by atoms with van der Waals surface area (Å²) in [5, 5.41) is 0.381. The van der Waals surface area contributed by atoms with Crippen molar-refractivity contribution in [3.05, 3.63) is 46.5 Å². The molecule has 5 heteroatoms. The molecule has 0 saturated heterocycles. The average Bonchev–Trinajstić information content (AvgIpc) is 2.48. The van der Waals surface area contributed by atoms with Gasteiger partial charge in [0, 0.05) is 10.7 Å². The number of nitrogens with two attached hydrogens (primary N) is 1. The van der Waals surface area contributed by atoms with Crippen LogP contribution in [0.3, 0.4) is 0 Å². The Morgan fingerprint density at radius 3 is 2.75 bits per heavy atom. The first kappa shape index (κ1) is 11.0. The Balaban J connectivity index is 2.34. The molecule has 0 unspecified atom stereocenters. The normalized spacial score (nSPS) is 10.7. The fourth-order valence-corrected chi connectivity index (χ4v) is 1.81. The van der Waals surface area contributed by atoms with Gasteiger partial charge in [-0.1, -0.05) is 11.6 Å². The number of hydrogen-bond acceptors (Lipinski definition) is 2. The lowest BCUT2D eigenvalue weighted by atomic mass is 10.2. The third kappa shape index (κ3) is 2.17. The molecule has 1 heterocycles. The Labute approximate surface area is 97.7 Å². The summed E-state index contributed by atoms with van der Waals surface area (Å²) in [5.74, 6) is 0.0664. The summed E-state index contributed by atoms with van der Waals surface area (Å²) >= 11 is 5.77. The smallest absolute Gasteiger partial charge is 0.200 e. The number of benzene rings is 1. The molecule has 0 atom stereocenters. The lowest BCUT2D eigenvalue weighted by molar-refractivity contribution is 0.623. The Bertz CT molecular complexity index is 482. The number of nitrogen functional groups attached to an aromatic ring is 1. The van der Waals surface area contributed by atoms with Crippen LogP contribution in [0, 0.1) is 12.7 Å². The summed E-state index contributed by atoms with van der Waals surface area (Å²) in [6.07, 6.45) is 1.68. The molecule has 0 aliphatic rings. The molecule has 0 fully saturated rings. The second-order valence-corrected chi connectivity index (χ2v) is 4.06. The van der Waals surface area contributed by atoms with Crippen LogP contribution in [0.25, 0.3) is 0 Å². The summed E-state index contributed by atoms with van der Waals surface area (Å²) in [5.41, 5.74) is 7.38. The summed E-state index contributed by atoms with van der Waals surface area (Å²) in [6.45, 7) is 2.36. The van der Waals surface area contributed by atoms with Crippen LogP contribution in [0.1, 0.15) is 11.3 Å². The molecular formula is C11H11ClFN3. The minimum Gasteiger partial charge on any atom is -0.369 e. The molecule has 0 amide bonds. The number of hydrogen-bond donors (Lipinski definition) is 1. The van der Waals surface area contributed by atoms with Crippen LogP contribution in [0.5, 0.6) is 0 Å². The summed E-state index contributed by atoms with van der Waals surface area (Å²) in [6, 6.07) is 4.42. The minimum absolute atomic E-state index is 0.348. The Morgan fingerprint density at radius 1 is 1.44 bits per heavy atom. The van der Waals surface area contributed by atoms with Gasteiger partial charge >= 0.3 is 0 Å². The van der Waals surface area contributed by atoms with E-state index in [1.54, 1.807) is 16.8 Å². The molecule has 0 saturated carbocycles. The van der Waals surface area contributed by atoms with E-state index in [1.807, 2.05) is 6.92 Å². The third-order valence-corrected chi connectivity index (χ3v) is 2.57. The van der Waals surface area contributed by atoms with E-state index in [0.717, 1.165) is 11.3 Å². The van der Waals surface area contributed by atoms with Crippen molar-refractivity contribution < 1.29 is 4.39 Å². The Kier molecular flexibility index (Phi) is 2.83. The van der Waals surface area contributed by atoms with Crippen LogP contribution in [0.2, 0.25) is 5.02 Å². The zero-order valence-corrected chi connectivity index (χ0v) is 9.50. The molecular weight excluding hydrogens is 229 g/mol. The fourth-order valence-electron chi connectivity index (χ4n) is 1.57. The quantitative estimate of drug-likeness (QED) is 0.876.